The molecule has 0 spiro atoms. The van der Waals surface area contributed by atoms with E-state index in [1.165, 1.54) is 5.56 Å². The van der Waals surface area contributed by atoms with Gasteiger partial charge in [0.05, 0.1) is 6.61 Å². The van der Waals surface area contributed by atoms with Crippen LogP contribution in [0.15, 0.2) is 54.6 Å². The van der Waals surface area contributed by atoms with Gasteiger partial charge in [-0.2, -0.15) is 0 Å². The van der Waals surface area contributed by atoms with Crippen molar-refractivity contribution in [3.8, 4) is 5.75 Å². The van der Waals surface area contributed by atoms with Crippen LogP contribution in [0.25, 0.3) is 0 Å². The Labute approximate surface area is 168 Å². The van der Waals surface area contributed by atoms with Gasteiger partial charge in [0, 0.05) is 6.61 Å². The standard InChI is InChI=1S/C18H22O2.C2H5O.Na/c19-14-13-17-9-11-18(12-10-17)20-15-5-4-8-16-6-2-1-3-7-16;1-2-3;/h1-3,6-7,9-12,19H,4-5,8,13-15H2;2H2,1H3;/q;-1;+1. The predicted molar refractivity (Wildman–Crippen MR) is 92.6 cm³/mol. The van der Waals surface area contributed by atoms with Crippen molar-refractivity contribution in [2.45, 2.75) is 32.6 Å². The number of benzene rings is 2. The van der Waals surface area contributed by atoms with Crippen molar-refractivity contribution in [3.63, 3.8) is 0 Å². The molecule has 0 unspecified atom stereocenters. The predicted octanol–water partition coefficient (Wildman–Crippen LogP) is -0.00630. The van der Waals surface area contributed by atoms with E-state index in [4.69, 9.17) is 14.9 Å². The summed E-state index contributed by atoms with van der Waals surface area (Å²) in [5.41, 5.74) is 2.53. The van der Waals surface area contributed by atoms with E-state index >= 15 is 0 Å². The quantitative estimate of drug-likeness (QED) is 0.544. The molecule has 0 aliphatic carbocycles. The molecule has 2 aromatic rings. The van der Waals surface area contributed by atoms with Gasteiger partial charge in [-0.05, 0) is 48.9 Å². The van der Waals surface area contributed by atoms with Crippen molar-refractivity contribution in [1.29, 1.82) is 0 Å². The fraction of sp³-hybridized carbons (Fsp3) is 0.400. The zero-order valence-electron chi connectivity index (χ0n) is 14.9. The first-order chi connectivity index (χ1) is 11.3. The smallest absolute Gasteiger partial charge is 0.855 e. The van der Waals surface area contributed by atoms with E-state index in [1.54, 1.807) is 6.92 Å². The first kappa shape index (κ1) is 23.2. The number of aryl methyl sites for hydroxylation is 1. The van der Waals surface area contributed by atoms with Crippen molar-refractivity contribution < 1.29 is 44.5 Å². The molecule has 0 amide bonds. The van der Waals surface area contributed by atoms with Gasteiger partial charge in [0.25, 0.3) is 0 Å². The first-order valence-electron chi connectivity index (χ1n) is 8.24. The summed E-state index contributed by atoms with van der Waals surface area (Å²) in [6, 6.07) is 18.5. The van der Waals surface area contributed by atoms with E-state index in [1.807, 2.05) is 30.3 Å². The van der Waals surface area contributed by atoms with Crippen molar-refractivity contribution >= 4 is 0 Å². The Bertz CT molecular complexity index is 500. The Morgan fingerprint density at radius 3 is 2.04 bits per heavy atom. The summed E-state index contributed by atoms with van der Waals surface area (Å²) >= 11 is 0. The molecule has 24 heavy (non-hydrogen) atoms. The zero-order chi connectivity index (χ0) is 16.8. The van der Waals surface area contributed by atoms with E-state index in [-0.39, 0.29) is 42.8 Å². The summed E-state index contributed by atoms with van der Waals surface area (Å²) in [4.78, 5) is 0. The molecule has 0 radical (unpaired) electrons. The molecule has 0 aromatic heterocycles. The third-order valence-corrected chi connectivity index (χ3v) is 3.30. The van der Waals surface area contributed by atoms with Crippen LogP contribution in [0.5, 0.6) is 5.75 Å². The third kappa shape index (κ3) is 10.8. The Kier molecular flexibility index (Phi) is 15.1. The van der Waals surface area contributed by atoms with E-state index in [2.05, 4.69) is 24.3 Å². The van der Waals surface area contributed by atoms with Crippen molar-refractivity contribution in [2.75, 3.05) is 19.8 Å². The second-order valence-electron chi connectivity index (χ2n) is 5.20. The van der Waals surface area contributed by atoms with Crippen LogP contribution in [-0.4, -0.2) is 24.9 Å². The Hall–Kier alpha value is -0.840. The van der Waals surface area contributed by atoms with Gasteiger partial charge < -0.3 is 14.9 Å². The fourth-order valence-corrected chi connectivity index (χ4v) is 2.15. The molecule has 0 saturated heterocycles. The summed E-state index contributed by atoms with van der Waals surface area (Å²) in [7, 11) is 0. The molecule has 1 N–H and O–H groups in total. The second kappa shape index (κ2) is 15.7. The number of unbranched alkanes of at least 4 members (excludes halogenated alkanes) is 1. The molecule has 0 bridgehead atoms. The molecular weight excluding hydrogens is 311 g/mol. The number of ether oxygens (including phenoxy) is 1. The number of hydrogen-bond acceptors (Lipinski definition) is 3. The minimum Gasteiger partial charge on any atom is -0.855 e. The maximum atomic E-state index is 8.93. The molecule has 0 heterocycles. The molecule has 0 saturated carbocycles. The van der Waals surface area contributed by atoms with Gasteiger partial charge in [0.2, 0.25) is 0 Å². The van der Waals surface area contributed by atoms with Crippen LogP contribution in [0.2, 0.25) is 0 Å². The minimum atomic E-state index is 0. The monoisotopic (exact) mass is 338 g/mol. The zero-order valence-corrected chi connectivity index (χ0v) is 16.9. The molecule has 2 rings (SSSR count). The molecule has 0 aliphatic rings. The average molecular weight is 338 g/mol. The molecule has 0 fully saturated rings. The average Bonchev–Trinajstić information content (AvgIpc) is 2.58. The molecule has 0 atom stereocenters. The van der Waals surface area contributed by atoms with E-state index in [0.29, 0.717) is 6.42 Å². The molecule has 2 aromatic carbocycles. The molecular formula is C20H27NaO3. The Morgan fingerprint density at radius 2 is 1.46 bits per heavy atom. The summed E-state index contributed by atoms with van der Waals surface area (Å²) < 4.78 is 5.71. The molecule has 0 aliphatic heterocycles. The summed E-state index contributed by atoms with van der Waals surface area (Å²) in [6.45, 7) is 2.52. The Morgan fingerprint density at radius 1 is 0.875 bits per heavy atom. The summed E-state index contributed by atoms with van der Waals surface area (Å²) in [5, 5.41) is 17.8. The van der Waals surface area contributed by atoms with Crippen LogP contribution in [-0.2, 0) is 12.8 Å². The molecule has 4 heteroatoms. The van der Waals surface area contributed by atoms with Gasteiger partial charge >= 0.3 is 29.6 Å². The SMILES string of the molecule is CC[O-].OCCc1ccc(OCCCCc2ccccc2)cc1.[Na+]. The van der Waals surface area contributed by atoms with Crippen molar-refractivity contribution in [2.24, 2.45) is 0 Å². The van der Waals surface area contributed by atoms with Crippen LogP contribution in [0.4, 0.5) is 0 Å². The van der Waals surface area contributed by atoms with E-state index in [9.17, 15) is 0 Å². The number of aliphatic hydroxyl groups is 1. The van der Waals surface area contributed by atoms with Gasteiger partial charge in [-0.3, -0.25) is 0 Å². The van der Waals surface area contributed by atoms with Gasteiger partial charge in [0.1, 0.15) is 5.75 Å². The van der Waals surface area contributed by atoms with Gasteiger partial charge in [-0.25, -0.2) is 0 Å². The minimum absolute atomic E-state index is 0. The number of aliphatic hydroxyl groups excluding tert-OH is 1. The van der Waals surface area contributed by atoms with Gasteiger partial charge in [0.15, 0.2) is 0 Å². The molecule has 126 valence electrons. The summed E-state index contributed by atoms with van der Waals surface area (Å²) in [6.07, 6.45) is 4.02. The second-order valence-corrected chi connectivity index (χ2v) is 5.20. The Balaban J connectivity index is 0.00000123. The van der Waals surface area contributed by atoms with Crippen molar-refractivity contribution in [3.05, 3.63) is 65.7 Å². The van der Waals surface area contributed by atoms with Crippen LogP contribution in [0, 0.1) is 0 Å². The van der Waals surface area contributed by atoms with Crippen LogP contribution < -0.4 is 39.4 Å². The number of hydrogen-bond donors (Lipinski definition) is 1. The number of rotatable bonds is 8. The fourth-order valence-electron chi connectivity index (χ4n) is 2.15. The van der Waals surface area contributed by atoms with Crippen LogP contribution in [0.1, 0.15) is 30.9 Å². The topological polar surface area (TPSA) is 52.5 Å². The first-order valence-corrected chi connectivity index (χ1v) is 8.24. The van der Waals surface area contributed by atoms with Crippen molar-refractivity contribution in [1.82, 2.24) is 0 Å². The van der Waals surface area contributed by atoms with Gasteiger partial charge in [-0.15, -0.1) is 6.61 Å². The maximum absolute atomic E-state index is 8.93. The maximum Gasteiger partial charge on any atom is 1.00 e. The van der Waals surface area contributed by atoms with Gasteiger partial charge in [-0.1, -0.05) is 49.4 Å². The van der Waals surface area contributed by atoms with Crippen LogP contribution >= 0.6 is 0 Å². The summed E-state index contributed by atoms with van der Waals surface area (Å²) in [5.74, 6) is 0.909. The van der Waals surface area contributed by atoms with E-state index < -0.39 is 0 Å². The third-order valence-electron chi connectivity index (χ3n) is 3.30. The normalized spacial score (nSPS) is 9.46. The largest absolute Gasteiger partial charge is 1.00 e. The van der Waals surface area contributed by atoms with E-state index in [0.717, 1.165) is 37.2 Å². The van der Waals surface area contributed by atoms with Crippen LogP contribution in [0.3, 0.4) is 0 Å². The molecule has 3 nitrogen and oxygen atoms in total.